The predicted octanol–water partition coefficient (Wildman–Crippen LogP) is 2.57. The summed E-state index contributed by atoms with van der Waals surface area (Å²) in [4.78, 5) is 23.5. The zero-order valence-electron chi connectivity index (χ0n) is 10.5. The summed E-state index contributed by atoms with van der Waals surface area (Å²) < 4.78 is 19.9. The molecule has 1 aliphatic rings. The lowest BCUT2D eigenvalue weighted by Gasteiger charge is -2.20. The number of benzene rings is 1. The quantitative estimate of drug-likeness (QED) is 0.617. The lowest BCUT2D eigenvalue weighted by Crippen LogP contribution is -2.33. The standard InChI is InChI=1S/C15H13FO3/c1-3-8-19-14(18)13-9-11-6-4-5-7-12(11)15(13,16)10(2)17/h3-7,9H,1,8H2,2H3. The van der Waals surface area contributed by atoms with Crippen molar-refractivity contribution in [2.45, 2.75) is 12.6 Å². The molecule has 0 amide bonds. The number of hydrogen-bond acceptors (Lipinski definition) is 3. The Labute approximate surface area is 110 Å². The Morgan fingerprint density at radius 1 is 1.42 bits per heavy atom. The van der Waals surface area contributed by atoms with E-state index in [1.54, 1.807) is 18.2 Å². The van der Waals surface area contributed by atoms with E-state index in [2.05, 4.69) is 6.58 Å². The zero-order chi connectivity index (χ0) is 14.0. The topological polar surface area (TPSA) is 43.4 Å². The number of alkyl halides is 1. The highest BCUT2D eigenvalue weighted by Gasteiger charge is 2.50. The van der Waals surface area contributed by atoms with Crippen molar-refractivity contribution < 1.29 is 18.7 Å². The Morgan fingerprint density at radius 3 is 2.74 bits per heavy atom. The third-order valence-corrected chi connectivity index (χ3v) is 3.04. The molecular weight excluding hydrogens is 247 g/mol. The first-order valence-corrected chi connectivity index (χ1v) is 5.81. The minimum absolute atomic E-state index is 0.0273. The lowest BCUT2D eigenvalue weighted by atomic mass is 9.88. The number of fused-ring (bicyclic) bond motifs is 1. The summed E-state index contributed by atoms with van der Waals surface area (Å²) >= 11 is 0. The number of carbonyl (C=O) groups is 2. The Bertz CT molecular complexity index is 589. The van der Waals surface area contributed by atoms with Crippen LogP contribution in [0.3, 0.4) is 0 Å². The smallest absolute Gasteiger partial charge is 0.338 e. The molecule has 98 valence electrons. The first kappa shape index (κ1) is 13.2. The Morgan fingerprint density at radius 2 is 2.11 bits per heavy atom. The maximum Gasteiger partial charge on any atom is 0.338 e. The molecule has 0 heterocycles. The van der Waals surface area contributed by atoms with Gasteiger partial charge in [0.15, 0.2) is 5.78 Å². The minimum Gasteiger partial charge on any atom is -0.458 e. The van der Waals surface area contributed by atoms with Gasteiger partial charge in [0.05, 0.1) is 5.57 Å². The molecule has 0 saturated carbocycles. The molecule has 1 aliphatic carbocycles. The third-order valence-electron chi connectivity index (χ3n) is 3.04. The van der Waals surface area contributed by atoms with E-state index in [4.69, 9.17) is 4.74 Å². The van der Waals surface area contributed by atoms with Crippen molar-refractivity contribution in [3.8, 4) is 0 Å². The minimum atomic E-state index is -2.42. The van der Waals surface area contributed by atoms with Crippen LogP contribution in [0.4, 0.5) is 4.39 Å². The summed E-state index contributed by atoms with van der Waals surface area (Å²) in [6.07, 6.45) is 2.75. The fourth-order valence-electron chi connectivity index (χ4n) is 2.13. The number of rotatable bonds is 4. The molecule has 1 aromatic rings. The van der Waals surface area contributed by atoms with Crippen molar-refractivity contribution in [1.82, 2.24) is 0 Å². The van der Waals surface area contributed by atoms with Crippen molar-refractivity contribution in [2.24, 2.45) is 0 Å². The van der Waals surface area contributed by atoms with Crippen molar-refractivity contribution in [3.05, 3.63) is 53.6 Å². The Kier molecular flexibility index (Phi) is 3.34. The van der Waals surface area contributed by atoms with Gasteiger partial charge in [-0.15, -0.1) is 0 Å². The van der Waals surface area contributed by atoms with E-state index in [0.29, 0.717) is 5.56 Å². The number of hydrogen-bond donors (Lipinski definition) is 0. The molecule has 0 aliphatic heterocycles. The second kappa shape index (κ2) is 4.80. The monoisotopic (exact) mass is 260 g/mol. The molecule has 3 nitrogen and oxygen atoms in total. The number of carbonyl (C=O) groups excluding carboxylic acids is 2. The van der Waals surface area contributed by atoms with Crippen LogP contribution in [0.25, 0.3) is 6.08 Å². The van der Waals surface area contributed by atoms with Crippen LogP contribution in [0.5, 0.6) is 0 Å². The second-order valence-electron chi connectivity index (χ2n) is 4.25. The average Bonchev–Trinajstić information content (AvgIpc) is 2.71. The average molecular weight is 260 g/mol. The van der Waals surface area contributed by atoms with Crippen LogP contribution >= 0.6 is 0 Å². The highest BCUT2D eigenvalue weighted by atomic mass is 19.1. The van der Waals surface area contributed by atoms with Gasteiger partial charge in [-0.3, -0.25) is 4.79 Å². The van der Waals surface area contributed by atoms with Crippen molar-refractivity contribution >= 4 is 17.8 Å². The van der Waals surface area contributed by atoms with E-state index >= 15 is 4.39 Å². The number of Topliss-reactive ketones (excluding diaryl/α,β-unsaturated/α-hetero) is 1. The van der Waals surface area contributed by atoms with Crippen molar-refractivity contribution in [3.63, 3.8) is 0 Å². The molecule has 1 unspecified atom stereocenters. The fraction of sp³-hybridized carbons (Fsp3) is 0.200. The largest absolute Gasteiger partial charge is 0.458 e. The number of halogens is 1. The zero-order valence-corrected chi connectivity index (χ0v) is 10.5. The van der Waals surface area contributed by atoms with Crippen LogP contribution in [0, 0.1) is 0 Å². The molecule has 0 fully saturated rings. The molecule has 1 atom stereocenters. The van der Waals surface area contributed by atoms with Crippen LogP contribution in [-0.2, 0) is 20.0 Å². The maximum absolute atomic E-state index is 15.0. The molecule has 0 aromatic heterocycles. The van der Waals surface area contributed by atoms with Gasteiger partial charge >= 0.3 is 5.97 Å². The van der Waals surface area contributed by atoms with Gasteiger partial charge in [0.1, 0.15) is 6.61 Å². The van der Waals surface area contributed by atoms with Crippen LogP contribution in [0.1, 0.15) is 18.1 Å². The molecule has 0 spiro atoms. The number of esters is 1. The molecule has 0 radical (unpaired) electrons. The van der Waals surface area contributed by atoms with E-state index < -0.39 is 17.4 Å². The lowest BCUT2D eigenvalue weighted by molar-refractivity contribution is -0.142. The summed E-state index contributed by atoms with van der Waals surface area (Å²) in [6.45, 7) is 4.51. The van der Waals surface area contributed by atoms with Crippen molar-refractivity contribution in [2.75, 3.05) is 6.61 Å². The second-order valence-corrected chi connectivity index (χ2v) is 4.25. The molecule has 1 aromatic carbocycles. The van der Waals surface area contributed by atoms with Gasteiger partial charge in [0, 0.05) is 5.56 Å². The number of ketones is 1. The molecule has 2 rings (SSSR count). The predicted molar refractivity (Wildman–Crippen MR) is 69.0 cm³/mol. The van der Waals surface area contributed by atoms with Crippen molar-refractivity contribution in [1.29, 1.82) is 0 Å². The highest BCUT2D eigenvalue weighted by Crippen LogP contribution is 2.44. The Balaban J connectivity index is 2.48. The summed E-state index contributed by atoms with van der Waals surface area (Å²) in [7, 11) is 0. The molecule has 0 N–H and O–H groups in total. The van der Waals surface area contributed by atoms with Gasteiger partial charge in [-0.25, -0.2) is 9.18 Å². The van der Waals surface area contributed by atoms with Crippen LogP contribution < -0.4 is 0 Å². The van der Waals surface area contributed by atoms with Crippen LogP contribution in [0.2, 0.25) is 0 Å². The van der Waals surface area contributed by atoms with Gasteiger partial charge in [0.2, 0.25) is 5.67 Å². The summed E-state index contributed by atoms with van der Waals surface area (Å²) in [5.74, 6) is -1.58. The van der Waals surface area contributed by atoms with Crippen LogP contribution in [0.15, 0.2) is 42.5 Å². The van der Waals surface area contributed by atoms with E-state index in [1.165, 1.54) is 18.2 Å². The van der Waals surface area contributed by atoms with Crippen LogP contribution in [-0.4, -0.2) is 18.4 Å². The van der Waals surface area contributed by atoms with E-state index in [9.17, 15) is 9.59 Å². The molecule has 4 heteroatoms. The Hall–Kier alpha value is -2.23. The molecular formula is C15H13FO3. The summed E-state index contributed by atoms with van der Waals surface area (Å²) in [5, 5.41) is 0. The maximum atomic E-state index is 15.0. The number of ether oxygens (including phenoxy) is 1. The highest BCUT2D eigenvalue weighted by molar-refractivity contribution is 6.09. The summed E-state index contributed by atoms with van der Waals surface area (Å²) in [6, 6.07) is 6.50. The van der Waals surface area contributed by atoms with Gasteiger partial charge in [0.25, 0.3) is 0 Å². The van der Waals surface area contributed by atoms with Gasteiger partial charge < -0.3 is 4.74 Å². The van der Waals surface area contributed by atoms with E-state index in [0.717, 1.165) is 6.92 Å². The third kappa shape index (κ3) is 1.99. The first-order chi connectivity index (χ1) is 9.01. The fourth-order valence-corrected chi connectivity index (χ4v) is 2.13. The first-order valence-electron chi connectivity index (χ1n) is 5.81. The molecule has 0 bridgehead atoms. The van der Waals surface area contributed by atoms with Gasteiger partial charge in [-0.05, 0) is 18.6 Å². The van der Waals surface area contributed by atoms with Gasteiger partial charge in [-0.2, -0.15) is 0 Å². The van der Waals surface area contributed by atoms with Gasteiger partial charge in [-0.1, -0.05) is 36.9 Å². The molecule has 19 heavy (non-hydrogen) atoms. The normalized spacial score (nSPS) is 20.4. The molecule has 0 saturated heterocycles. The summed E-state index contributed by atoms with van der Waals surface area (Å²) in [5.41, 5.74) is -1.99. The SMILES string of the molecule is C=CCOC(=O)C1=Cc2ccccc2C1(F)C(C)=O. The van der Waals surface area contributed by atoms with E-state index in [-0.39, 0.29) is 17.7 Å². The van der Waals surface area contributed by atoms with E-state index in [1.807, 2.05) is 0 Å².